The van der Waals surface area contributed by atoms with Gasteiger partial charge in [0, 0.05) is 25.5 Å². The number of methoxy groups -OCH3 is 2. The molecule has 0 aromatic heterocycles. The number of allylic oxidation sites excluding steroid dienone is 3. The predicted molar refractivity (Wildman–Crippen MR) is 133 cm³/mol. The summed E-state index contributed by atoms with van der Waals surface area (Å²) in [4.78, 5) is 4.43. The van der Waals surface area contributed by atoms with Gasteiger partial charge in [0.15, 0.2) is 0 Å². The molecule has 3 rings (SSSR count). The minimum atomic E-state index is -3.85. The molecule has 0 radical (unpaired) electrons. The first-order valence-corrected chi connectivity index (χ1v) is 12.1. The summed E-state index contributed by atoms with van der Waals surface area (Å²) in [6.45, 7) is 6.42. The molecule has 0 saturated carbocycles. The van der Waals surface area contributed by atoms with E-state index in [0.29, 0.717) is 12.0 Å². The molecular formula is C26H30N2O4S. The molecule has 2 aromatic rings. The number of rotatable bonds is 8. The van der Waals surface area contributed by atoms with Crippen molar-refractivity contribution in [1.29, 1.82) is 0 Å². The fourth-order valence-electron chi connectivity index (χ4n) is 3.40. The largest absolute Gasteiger partial charge is 0.497 e. The van der Waals surface area contributed by atoms with Crippen molar-refractivity contribution < 1.29 is 17.9 Å². The molecule has 1 atom stereocenters. The van der Waals surface area contributed by atoms with E-state index < -0.39 is 10.0 Å². The summed E-state index contributed by atoms with van der Waals surface area (Å²) in [6.07, 6.45) is 7.33. The van der Waals surface area contributed by atoms with E-state index in [2.05, 4.69) is 11.6 Å². The Morgan fingerprint density at radius 1 is 0.970 bits per heavy atom. The molecule has 0 spiro atoms. The Balaban J connectivity index is 1.99. The van der Waals surface area contributed by atoms with Crippen LogP contribution in [0.2, 0.25) is 0 Å². The second-order valence-corrected chi connectivity index (χ2v) is 9.80. The molecule has 0 aliphatic carbocycles. The summed E-state index contributed by atoms with van der Waals surface area (Å²) < 4.78 is 39.8. The Hall–Kier alpha value is -3.16. The molecule has 0 saturated heterocycles. The number of nitrogens with zero attached hydrogens (tertiary/aromatic N) is 2. The highest BCUT2D eigenvalue weighted by Gasteiger charge is 2.28. The average Bonchev–Trinajstić information content (AvgIpc) is 2.90. The number of sulfonamides is 1. The molecule has 33 heavy (non-hydrogen) atoms. The molecule has 1 heterocycles. The van der Waals surface area contributed by atoms with Crippen LogP contribution in [-0.4, -0.2) is 33.2 Å². The van der Waals surface area contributed by atoms with Crippen LogP contribution in [0, 0.1) is 5.92 Å². The quantitative estimate of drug-likeness (QED) is 0.543. The third-order valence-electron chi connectivity index (χ3n) is 5.35. The van der Waals surface area contributed by atoms with Crippen LogP contribution in [0.1, 0.15) is 24.5 Å². The maximum absolute atomic E-state index is 13.9. The van der Waals surface area contributed by atoms with Crippen molar-refractivity contribution in [2.75, 3.05) is 14.2 Å². The number of hydrogen-bond acceptors (Lipinski definition) is 5. The fraction of sp³-hybridized carbons (Fsp3) is 0.269. The summed E-state index contributed by atoms with van der Waals surface area (Å²) in [5.74, 6) is 1.55. The maximum Gasteiger partial charge on any atom is 0.243 e. The molecule has 0 N–H and O–H groups in total. The van der Waals surface area contributed by atoms with E-state index in [4.69, 9.17) is 9.47 Å². The Kier molecular flexibility index (Phi) is 8.25. The number of ether oxygens (including phenoxy) is 2. The lowest BCUT2D eigenvalue weighted by Gasteiger charge is -2.25. The highest BCUT2D eigenvalue weighted by atomic mass is 32.2. The minimum Gasteiger partial charge on any atom is -0.497 e. The standard InChI is InChI=1S/C26H30N2O4S/c1-20-5-14-26(21(2)15-16-27-17-20)33(29,30)28(18-22-6-10-24(31-3)11-7-22)19-23-8-12-25(32-4)13-9-23/h6-17,20H,2,5,18-19H2,1,3-4H3/b16-15-,26-14?,27-17?. The van der Waals surface area contributed by atoms with Gasteiger partial charge in [-0.3, -0.25) is 4.99 Å². The van der Waals surface area contributed by atoms with Gasteiger partial charge in [0.05, 0.1) is 19.1 Å². The van der Waals surface area contributed by atoms with Crippen molar-refractivity contribution in [3.05, 3.63) is 95.1 Å². The lowest BCUT2D eigenvalue weighted by molar-refractivity contribution is 0.401. The van der Waals surface area contributed by atoms with Crippen LogP contribution in [0.5, 0.6) is 11.5 Å². The Morgan fingerprint density at radius 3 is 1.97 bits per heavy atom. The number of hydrogen-bond donors (Lipinski definition) is 0. The van der Waals surface area contributed by atoms with Crippen molar-refractivity contribution in [3.63, 3.8) is 0 Å². The van der Waals surface area contributed by atoms with Crippen LogP contribution >= 0.6 is 0 Å². The zero-order chi connectivity index (χ0) is 23.8. The van der Waals surface area contributed by atoms with E-state index in [-0.39, 0.29) is 23.9 Å². The van der Waals surface area contributed by atoms with Gasteiger partial charge in [0.2, 0.25) is 10.0 Å². The summed E-state index contributed by atoms with van der Waals surface area (Å²) in [5, 5.41) is 0. The molecule has 1 aliphatic heterocycles. The molecule has 0 fully saturated rings. The summed E-state index contributed by atoms with van der Waals surface area (Å²) >= 11 is 0. The van der Waals surface area contributed by atoms with Crippen molar-refractivity contribution >= 4 is 16.2 Å². The molecule has 0 amide bonds. The second-order valence-electron chi connectivity index (χ2n) is 7.89. The zero-order valence-electron chi connectivity index (χ0n) is 19.3. The van der Waals surface area contributed by atoms with E-state index >= 15 is 0 Å². The van der Waals surface area contributed by atoms with Crippen molar-refractivity contribution in [2.24, 2.45) is 10.9 Å². The third-order valence-corrected chi connectivity index (χ3v) is 7.27. The molecule has 2 aromatic carbocycles. The molecule has 6 nitrogen and oxygen atoms in total. The zero-order valence-corrected chi connectivity index (χ0v) is 20.1. The number of benzene rings is 2. The van der Waals surface area contributed by atoms with Crippen LogP contribution in [0.3, 0.4) is 0 Å². The third kappa shape index (κ3) is 6.43. The van der Waals surface area contributed by atoms with E-state index in [1.165, 1.54) is 4.31 Å². The van der Waals surface area contributed by atoms with Crippen LogP contribution in [0.15, 0.2) is 88.9 Å². The van der Waals surface area contributed by atoms with Gasteiger partial charge in [-0.15, -0.1) is 0 Å². The smallest absolute Gasteiger partial charge is 0.243 e. The summed E-state index contributed by atoms with van der Waals surface area (Å²) in [5.41, 5.74) is 2.12. The highest BCUT2D eigenvalue weighted by molar-refractivity contribution is 7.93. The SMILES string of the molecule is C=C1/C=C\N=CC(C)CC=C1S(=O)(=O)N(Cc1ccc(OC)cc1)Cc1ccc(OC)cc1. The topological polar surface area (TPSA) is 68.2 Å². The first kappa shape index (κ1) is 24.5. The van der Waals surface area contributed by atoms with Crippen LogP contribution in [-0.2, 0) is 23.1 Å². The van der Waals surface area contributed by atoms with E-state index in [1.807, 2.05) is 61.7 Å². The van der Waals surface area contributed by atoms with Gasteiger partial charge in [-0.25, -0.2) is 8.42 Å². The van der Waals surface area contributed by atoms with Crippen LogP contribution in [0.25, 0.3) is 0 Å². The predicted octanol–water partition coefficient (Wildman–Crippen LogP) is 5.10. The van der Waals surface area contributed by atoms with Gasteiger partial charge in [0.25, 0.3) is 0 Å². The lowest BCUT2D eigenvalue weighted by atomic mass is 10.1. The Morgan fingerprint density at radius 2 is 1.48 bits per heavy atom. The van der Waals surface area contributed by atoms with E-state index in [1.54, 1.807) is 32.6 Å². The van der Waals surface area contributed by atoms with Gasteiger partial charge in [-0.05, 0) is 59.4 Å². The molecule has 7 heteroatoms. The molecule has 174 valence electrons. The molecular weight excluding hydrogens is 436 g/mol. The van der Waals surface area contributed by atoms with E-state index in [0.717, 1.165) is 22.6 Å². The molecule has 0 bridgehead atoms. The van der Waals surface area contributed by atoms with Gasteiger partial charge in [-0.2, -0.15) is 4.31 Å². The molecule has 1 unspecified atom stereocenters. The van der Waals surface area contributed by atoms with Gasteiger partial charge >= 0.3 is 0 Å². The summed E-state index contributed by atoms with van der Waals surface area (Å²) in [7, 11) is -0.654. The van der Waals surface area contributed by atoms with Crippen molar-refractivity contribution in [2.45, 2.75) is 26.4 Å². The van der Waals surface area contributed by atoms with Crippen LogP contribution in [0.4, 0.5) is 0 Å². The van der Waals surface area contributed by atoms with Crippen LogP contribution < -0.4 is 9.47 Å². The Bertz CT molecular complexity index is 1100. The normalized spacial score (nSPS) is 17.6. The lowest BCUT2D eigenvalue weighted by Crippen LogP contribution is -2.31. The Labute approximate surface area is 196 Å². The van der Waals surface area contributed by atoms with Gasteiger partial charge < -0.3 is 9.47 Å². The monoisotopic (exact) mass is 466 g/mol. The average molecular weight is 467 g/mol. The van der Waals surface area contributed by atoms with Gasteiger partial charge in [-0.1, -0.05) is 43.8 Å². The summed E-state index contributed by atoms with van der Waals surface area (Å²) in [6, 6.07) is 14.8. The highest BCUT2D eigenvalue weighted by Crippen LogP contribution is 2.28. The van der Waals surface area contributed by atoms with E-state index in [9.17, 15) is 8.42 Å². The second kappa shape index (κ2) is 11.1. The van der Waals surface area contributed by atoms with Crippen molar-refractivity contribution in [3.8, 4) is 11.5 Å². The molecule has 1 aliphatic rings. The maximum atomic E-state index is 13.9. The number of aliphatic imine (C=N–C) groups is 1. The van der Waals surface area contributed by atoms with Crippen molar-refractivity contribution in [1.82, 2.24) is 4.31 Å². The van der Waals surface area contributed by atoms with Gasteiger partial charge in [0.1, 0.15) is 11.5 Å². The first-order valence-electron chi connectivity index (χ1n) is 10.7. The fourth-order valence-corrected chi connectivity index (χ4v) is 5.02. The first-order chi connectivity index (χ1) is 15.8. The minimum absolute atomic E-state index is 0.113.